The first kappa shape index (κ1) is 14.7. The number of anilines is 2. The van der Waals surface area contributed by atoms with Gasteiger partial charge in [0.15, 0.2) is 0 Å². The summed E-state index contributed by atoms with van der Waals surface area (Å²) in [7, 11) is 0. The third-order valence-electron chi connectivity index (χ3n) is 3.57. The second-order valence-corrected chi connectivity index (χ2v) is 6.70. The van der Waals surface area contributed by atoms with E-state index in [-0.39, 0.29) is 11.3 Å². The molecule has 0 bridgehead atoms. The van der Waals surface area contributed by atoms with Crippen LogP contribution in [0.5, 0.6) is 0 Å². The molecule has 0 aromatic heterocycles. The highest BCUT2D eigenvalue weighted by Crippen LogP contribution is 2.22. The van der Waals surface area contributed by atoms with Crippen LogP contribution in [-0.4, -0.2) is 37.0 Å². The van der Waals surface area contributed by atoms with E-state index < -0.39 is 0 Å². The van der Waals surface area contributed by atoms with E-state index in [1.165, 1.54) is 5.69 Å². The van der Waals surface area contributed by atoms with Crippen molar-refractivity contribution in [2.45, 2.75) is 27.2 Å². The minimum Gasteiger partial charge on any atom is -0.399 e. The lowest BCUT2D eigenvalue weighted by Gasteiger charge is -2.37. The van der Waals surface area contributed by atoms with Gasteiger partial charge in [-0.3, -0.25) is 4.79 Å². The second kappa shape index (κ2) is 5.73. The van der Waals surface area contributed by atoms with Gasteiger partial charge in [0.1, 0.15) is 0 Å². The number of nitrogen functional groups attached to an aromatic ring is 1. The molecular weight excluding hydrogens is 250 g/mol. The Kier molecular flexibility index (Phi) is 4.21. The zero-order valence-corrected chi connectivity index (χ0v) is 12.7. The van der Waals surface area contributed by atoms with Gasteiger partial charge < -0.3 is 15.5 Å². The molecular formula is C16H25N3O. The summed E-state index contributed by atoms with van der Waals surface area (Å²) >= 11 is 0. The SMILES string of the molecule is CC(C)(C)CC(=O)N1CCN(c2ccc(N)cc2)CC1. The van der Waals surface area contributed by atoms with Crippen LogP contribution in [0, 0.1) is 5.41 Å². The first-order valence-corrected chi connectivity index (χ1v) is 7.23. The van der Waals surface area contributed by atoms with Crippen molar-refractivity contribution < 1.29 is 4.79 Å². The molecule has 0 spiro atoms. The molecule has 0 unspecified atom stereocenters. The van der Waals surface area contributed by atoms with Crippen molar-refractivity contribution in [1.82, 2.24) is 4.90 Å². The fourth-order valence-corrected chi connectivity index (χ4v) is 2.46. The average molecular weight is 275 g/mol. The van der Waals surface area contributed by atoms with Crippen LogP contribution in [0.15, 0.2) is 24.3 Å². The molecule has 1 aliphatic rings. The Bertz CT molecular complexity index is 454. The predicted molar refractivity (Wildman–Crippen MR) is 83.7 cm³/mol. The van der Waals surface area contributed by atoms with Gasteiger partial charge in [-0.25, -0.2) is 0 Å². The topological polar surface area (TPSA) is 49.6 Å². The zero-order chi connectivity index (χ0) is 14.8. The number of hydrogen-bond acceptors (Lipinski definition) is 3. The summed E-state index contributed by atoms with van der Waals surface area (Å²) in [5.74, 6) is 0.273. The van der Waals surface area contributed by atoms with Crippen LogP contribution in [0.2, 0.25) is 0 Å². The Morgan fingerprint density at radius 3 is 2.15 bits per heavy atom. The summed E-state index contributed by atoms with van der Waals surface area (Å²) in [4.78, 5) is 16.5. The minimum absolute atomic E-state index is 0.0607. The number of carbonyl (C=O) groups is 1. The van der Waals surface area contributed by atoms with E-state index in [0.29, 0.717) is 6.42 Å². The average Bonchev–Trinajstić information content (AvgIpc) is 2.38. The molecule has 1 amide bonds. The molecule has 110 valence electrons. The molecule has 1 aromatic carbocycles. The number of carbonyl (C=O) groups excluding carboxylic acids is 1. The smallest absolute Gasteiger partial charge is 0.223 e. The maximum absolute atomic E-state index is 12.2. The van der Waals surface area contributed by atoms with Crippen LogP contribution in [-0.2, 0) is 4.79 Å². The number of hydrogen-bond donors (Lipinski definition) is 1. The molecule has 0 radical (unpaired) electrons. The number of nitrogens with two attached hydrogens (primary N) is 1. The molecule has 0 aliphatic carbocycles. The van der Waals surface area contributed by atoms with Crippen molar-refractivity contribution in [2.24, 2.45) is 5.41 Å². The molecule has 1 aromatic rings. The van der Waals surface area contributed by atoms with Gasteiger partial charge in [-0.05, 0) is 29.7 Å². The third kappa shape index (κ3) is 3.89. The summed E-state index contributed by atoms with van der Waals surface area (Å²) in [5.41, 5.74) is 7.73. The maximum Gasteiger partial charge on any atom is 0.223 e. The summed E-state index contributed by atoms with van der Waals surface area (Å²) in [6.07, 6.45) is 0.620. The number of benzene rings is 1. The van der Waals surface area contributed by atoms with E-state index in [2.05, 4.69) is 25.7 Å². The molecule has 4 heteroatoms. The summed E-state index contributed by atoms with van der Waals surface area (Å²) in [5, 5.41) is 0. The Morgan fingerprint density at radius 1 is 1.10 bits per heavy atom. The van der Waals surface area contributed by atoms with Gasteiger partial charge in [0.05, 0.1) is 0 Å². The van der Waals surface area contributed by atoms with Crippen molar-refractivity contribution in [3.05, 3.63) is 24.3 Å². The fourth-order valence-electron chi connectivity index (χ4n) is 2.46. The van der Waals surface area contributed by atoms with Crippen molar-refractivity contribution in [3.8, 4) is 0 Å². The van der Waals surface area contributed by atoms with Crippen molar-refractivity contribution in [1.29, 1.82) is 0 Å². The lowest BCUT2D eigenvalue weighted by Crippen LogP contribution is -2.49. The molecule has 2 N–H and O–H groups in total. The van der Waals surface area contributed by atoms with Crippen molar-refractivity contribution in [2.75, 3.05) is 36.8 Å². The summed E-state index contributed by atoms with van der Waals surface area (Å²) in [6.45, 7) is 9.71. The third-order valence-corrected chi connectivity index (χ3v) is 3.57. The van der Waals surface area contributed by atoms with Crippen LogP contribution in [0.25, 0.3) is 0 Å². The van der Waals surface area contributed by atoms with Gasteiger partial charge in [0.25, 0.3) is 0 Å². The van der Waals surface area contributed by atoms with Gasteiger partial charge in [0.2, 0.25) is 5.91 Å². The van der Waals surface area contributed by atoms with Gasteiger partial charge in [-0.2, -0.15) is 0 Å². The normalized spacial score (nSPS) is 16.4. The van der Waals surface area contributed by atoms with Crippen LogP contribution in [0.4, 0.5) is 11.4 Å². The largest absolute Gasteiger partial charge is 0.399 e. The summed E-state index contributed by atoms with van der Waals surface area (Å²) in [6, 6.07) is 7.93. The van der Waals surface area contributed by atoms with Crippen LogP contribution in [0.3, 0.4) is 0 Å². The molecule has 1 fully saturated rings. The molecule has 0 saturated carbocycles. The Labute approximate surface area is 121 Å². The summed E-state index contributed by atoms with van der Waals surface area (Å²) < 4.78 is 0. The van der Waals surface area contributed by atoms with E-state index in [4.69, 9.17) is 5.73 Å². The maximum atomic E-state index is 12.2. The highest BCUT2D eigenvalue weighted by molar-refractivity contribution is 5.77. The predicted octanol–water partition coefficient (Wildman–Crippen LogP) is 2.35. The van der Waals surface area contributed by atoms with E-state index in [1.54, 1.807) is 0 Å². The Hall–Kier alpha value is -1.71. The Balaban J connectivity index is 1.89. The number of amides is 1. The quantitative estimate of drug-likeness (QED) is 0.843. The lowest BCUT2D eigenvalue weighted by atomic mass is 9.91. The van der Waals surface area contributed by atoms with Crippen LogP contribution >= 0.6 is 0 Å². The molecule has 0 atom stereocenters. The number of piperazine rings is 1. The van der Waals surface area contributed by atoms with Gasteiger partial charge in [-0.15, -0.1) is 0 Å². The van der Waals surface area contributed by atoms with E-state index in [9.17, 15) is 4.79 Å². The Morgan fingerprint density at radius 2 is 1.65 bits per heavy atom. The van der Waals surface area contributed by atoms with Gasteiger partial charge in [0, 0.05) is 44.0 Å². The zero-order valence-electron chi connectivity index (χ0n) is 12.7. The van der Waals surface area contributed by atoms with Crippen molar-refractivity contribution >= 4 is 17.3 Å². The lowest BCUT2D eigenvalue weighted by molar-refractivity contribution is -0.133. The molecule has 1 saturated heterocycles. The second-order valence-electron chi connectivity index (χ2n) is 6.70. The van der Waals surface area contributed by atoms with E-state index in [0.717, 1.165) is 31.9 Å². The monoisotopic (exact) mass is 275 g/mol. The standard InChI is InChI=1S/C16H25N3O/c1-16(2,3)12-15(20)19-10-8-18(9-11-19)14-6-4-13(17)5-7-14/h4-7H,8-12,17H2,1-3H3. The van der Waals surface area contributed by atoms with Crippen LogP contribution in [0.1, 0.15) is 27.2 Å². The van der Waals surface area contributed by atoms with Crippen molar-refractivity contribution in [3.63, 3.8) is 0 Å². The van der Waals surface area contributed by atoms with Gasteiger partial charge >= 0.3 is 0 Å². The first-order valence-electron chi connectivity index (χ1n) is 7.23. The van der Waals surface area contributed by atoms with E-state index in [1.807, 2.05) is 29.2 Å². The highest BCUT2D eigenvalue weighted by Gasteiger charge is 2.24. The minimum atomic E-state index is 0.0607. The molecule has 1 aliphatic heterocycles. The molecule has 2 rings (SSSR count). The first-order chi connectivity index (χ1) is 9.35. The molecule has 4 nitrogen and oxygen atoms in total. The molecule has 1 heterocycles. The fraction of sp³-hybridized carbons (Fsp3) is 0.562. The highest BCUT2D eigenvalue weighted by atomic mass is 16.2. The number of nitrogens with zero attached hydrogens (tertiary/aromatic N) is 2. The number of rotatable bonds is 2. The van der Waals surface area contributed by atoms with E-state index >= 15 is 0 Å². The van der Waals surface area contributed by atoms with Crippen LogP contribution < -0.4 is 10.6 Å². The molecule has 20 heavy (non-hydrogen) atoms. The van der Waals surface area contributed by atoms with Gasteiger partial charge in [-0.1, -0.05) is 20.8 Å².